The third-order valence-electron chi connectivity index (χ3n) is 4.23. The number of hydrogen-bond acceptors (Lipinski definition) is 3. The number of rotatable bonds is 6. The molecule has 0 saturated carbocycles. The smallest absolute Gasteiger partial charge is 0.225 e. The summed E-state index contributed by atoms with van der Waals surface area (Å²) in [5.41, 5.74) is 1.14. The van der Waals surface area contributed by atoms with Crippen LogP contribution < -0.4 is 15.4 Å². The van der Waals surface area contributed by atoms with Gasteiger partial charge in [0, 0.05) is 38.6 Å². The Hall–Kier alpha value is -2.24. The molecule has 1 atom stereocenters. The zero-order chi connectivity index (χ0) is 18.2. The molecule has 0 spiro atoms. The number of carbonyl (C=O) groups is 1. The Bertz CT molecular complexity index is 601. The molecule has 2 N–H and O–H groups in total. The second kappa shape index (κ2) is 9.30. The number of likely N-dealkylation sites (tertiary alicyclic amines) is 1. The summed E-state index contributed by atoms with van der Waals surface area (Å²) in [5, 5.41) is 6.74. The minimum atomic E-state index is 0.0498. The number of ether oxygens (including phenoxy) is 1. The normalized spacial score (nSPS) is 17.7. The van der Waals surface area contributed by atoms with E-state index in [9.17, 15) is 4.79 Å². The summed E-state index contributed by atoms with van der Waals surface area (Å²) in [7, 11) is 1.76. The Morgan fingerprint density at radius 3 is 2.92 bits per heavy atom. The number of benzene rings is 1. The number of nitrogens with zero attached hydrogens (tertiary/aromatic N) is 2. The fraction of sp³-hybridized carbons (Fsp3) is 0.579. The molecular formula is C19H30N4O2. The van der Waals surface area contributed by atoms with Crippen molar-refractivity contribution in [2.75, 3.05) is 26.7 Å². The molecule has 2 rings (SSSR count). The van der Waals surface area contributed by atoms with Gasteiger partial charge in [-0.2, -0.15) is 0 Å². The molecule has 0 aliphatic carbocycles. The maximum absolute atomic E-state index is 12.1. The van der Waals surface area contributed by atoms with Gasteiger partial charge in [0.25, 0.3) is 0 Å². The minimum absolute atomic E-state index is 0.0498. The number of amides is 1. The second-order valence-electron chi connectivity index (χ2n) is 6.58. The van der Waals surface area contributed by atoms with E-state index in [-0.39, 0.29) is 17.9 Å². The Kier molecular flexibility index (Phi) is 7.10. The highest BCUT2D eigenvalue weighted by atomic mass is 16.5. The lowest BCUT2D eigenvalue weighted by Crippen LogP contribution is -2.45. The zero-order valence-corrected chi connectivity index (χ0v) is 15.7. The monoisotopic (exact) mass is 346 g/mol. The Balaban J connectivity index is 1.83. The predicted molar refractivity (Wildman–Crippen MR) is 101 cm³/mol. The first-order valence-electron chi connectivity index (χ1n) is 9.01. The number of carbonyl (C=O) groups excluding carboxylic acids is 1. The minimum Gasteiger partial charge on any atom is -0.494 e. The molecule has 0 aromatic heterocycles. The largest absolute Gasteiger partial charge is 0.494 e. The van der Waals surface area contributed by atoms with E-state index in [0.29, 0.717) is 13.2 Å². The fourth-order valence-electron chi connectivity index (χ4n) is 2.93. The van der Waals surface area contributed by atoms with Crippen LogP contribution in [0.5, 0.6) is 5.75 Å². The Morgan fingerprint density at radius 1 is 1.44 bits per heavy atom. The standard InChI is InChI=1S/C19H30N4O2/c1-5-25-17-8-6-7-15(11-17)12-21-19(20-4)22-16-9-10-23(13-16)18(24)14(2)3/h6-8,11,14,16H,5,9-10,12-13H2,1-4H3,(H2,20,21,22). The SMILES string of the molecule is CCOc1cccc(CNC(=NC)NC2CCN(C(=O)C(C)C)C2)c1. The van der Waals surface area contributed by atoms with Crippen LogP contribution in [0.2, 0.25) is 0 Å². The molecular weight excluding hydrogens is 316 g/mol. The summed E-state index contributed by atoms with van der Waals surface area (Å²) < 4.78 is 5.53. The number of nitrogens with one attached hydrogen (secondary N) is 2. The van der Waals surface area contributed by atoms with Crippen LogP contribution in [0.25, 0.3) is 0 Å². The summed E-state index contributed by atoms with van der Waals surface area (Å²) in [4.78, 5) is 18.3. The maximum Gasteiger partial charge on any atom is 0.225 e. The van der Waals surface area contributed by atoms with Gasteiger partial charge in [-0.25, -0.2) is 0 Å². The van der Waals surface area contributed by atoms with Crippen molar-refractivity contribution in [1.29, 1.82) is 0 Å². The summed E-state index contributed by atoms with van der Waals surface area (Å²) >= 11 is 0. The number of aliphatic imine (C=N–C) groups is 1. The lowest BCUT2D eigenvalue weighted by atomic mass is 10.2. The first-order chi connectivity index (χ1) is 12.0. The van der Waals surface area contributed by atoms with E-state index in [4.69, 9.17) is 4.74 Å². The van der Waals surface area contributed by atoms with Crippen molar-refractivity contribution in [3.63, 3.8) is 0 Å². The van der Waals surface area contributed by atoms with Crippen LogP contribution in [-0.4, -0.2) is 49.6 Å². The van der Waals surface area contributed by atoms with E-state index >= 15 is 0 Å². The quantitative estimate of drug-likeness (QED) is 0.611. The first kappa shape index (κ1) is 19.1. The highest BCUT2D eigenvalue weighted by Gasteiger charge is 2.27. The van der Waals surface area contributed by atoms with Crippen molar-refractivity contribution in [2.45, 2.75) is 39.8 Å². The van der Waals surface area contributed by atoms with E-state index in [0.717, 1.165) is 36.8 Å². The van der Waals surface area contributed by atoms with Crippen molar-refractivity contribution >= 4 is 11.9 Å². The summed E-state index contributed by atoms with van der Waals surface area (Å²) in [6, 6.07) is 8.27. The molecule has 6 heteroatoms. The highest BCUT2D eigenvalue weighted by molar-refractivity contribution is 5.81. The number of hydrogen-bond donors (Lipinski definition) is 2. The molecule has 138 valence electrons. The molecule has 1 aromatic rings. The lowest BCUT2D eigenvalue weighted by molar-refractivity contribution is -0.133. The number of guanidine groups is 1. The van der Waals surface area contributed by atoms with Gasteiger partial charge < -0.3 is 20.3 Å². The first-order valence-corrected chi connectivity index (χ1v) is 9.01. The van der Waals surface area contributed by atoms with Gasteiger partial charge in [0.1, 0.15) is 5.75 Å². The molecule has 1 saturated heterocycles. The van der Waals surface area contributed by atoms with E-state index < -0.39 is 0 Å². The average molecular weight is 346 g/mol. The van der Waals surface area contributed by atoms with E-state index in [1.807, 2.05) is 43.9 Å². The second-order valence-corrected chi connectivity index (χ2v) is 6.58. The van der Waals surface area contributed by atoms with Crippen LogP contribution in [-0.2, 0) is 11.3 Å². The van der Waals surface area contributed by atoms with E-state index in [1.165, 1.54) is 0 Å². The third kappa shape index (κ3) is 5.66. The maximum atomic E-state index is 12.1. The van der Waals surface area contributed by atoms with Crippen LogP contribution in [0.1, 0.15) is 32.8 Å². The summed E-state index contributed by atoms with van der Waals surface area (Å²) in [6.45, 7) is 8.74. The molecule has 0 bridgehead atoms. The summed E-state index contributed by atoms with van der Waals surface area (Å²) in [6.07, 6.45) is 0.943. The highest BCUT2D eigenvalue weighted by Crippen LogP contribution is 2.14. The third-order valence-corrected chi connectivity index (χ3v) is 4.23. The van der Waals surface area contributed by atoms with Crippen LogP contribution in [0, 0.1) is 5.92 Å². The molecule has 1 aromatic carbocycles. The van der Waals surface area contributed by atoms with Crippen LogP contribution in [0.3, 0.4) is 0 Å². The van der Waals surface area contributed by atoms with E-state index in [2.05, 4.69) is 21.7 Å². The van der Waals surface area contributed by atoms with Crippen molar-refractivity contribution < 1.29 is 9.53 Å². The Morgan fingerprint density at radius 2 is 2.24 bits per heavy atom. The molecule has 1 aliphatic heterocycles. The van der Waals surface area contributed by atoms with Crippen LogP contribution in [0.4, 0.5) is 0 Å². The molecule has 0 radical (unpaired) electrons. The van der Waals surface area contributed by atoms with Crippen molar-refractivity contribution in [2.24, 2.45) is 10.9 Å². The van der Waals surface area contributed by atoms with Crippen LogP contribution >= 0.6 is 0 Å². The molecule has 1 amide bonds. The Labute approximate surface area is 150 Å². The van der Waals surface area contributed by atoms with Gasteiger partial charge in [0.05, 0.1) is 6.61 Å². The van der Waals surface area contributed by atoms with Gasteiger partial charge in [-0.15, -0.1) is 0 Å². The lowest BCUT2D eigenvalue weighted by Gasteiger charge is -2.20. The molecule has 1 unspecified atom stereocenters. The van der Waals surface area contributed by atoms with Gasteiger partial charge in [-0.3, -0.25) is 9.79 Å². The predicted octanol–water partition coefficient (Wildman–Crippen LogP) is 2.01. The molecule has 25 heavy (non-hydrogen) atoms. The molecule has 1 aliphatic rings. The van der Waals surface area contributed by atoms with Crippen molar-refractivity contribution in [3.8, 4) is 5.75 Å². The van der Waals surface area contributed by atoms with Crippen LogP contribution in [0.15, 0.2) is 29.3 Å². The van der Waals surface area contributed by atoms with Gasteiger partial charge in [0.15, 0.2) is 5.96 Å². The fourth-order valence-corrected chi connectivity index (χ4v) is 2.93. The molecule has 6 nitrogen and oxygen atoms in total. The summed E-state index contributed by atoms with van der Waals surface area (Å²) in [5.74, 6) is 1.91. The molecule has 1 fully saturated rings. The zero-order valence-electron chi connectivity index (χ0n) is 15.7. The topological polar surface area (TPSA) is 66.0 Å². The van der Waals surface area contributed by atoms with Gasteiger partial charge in [-0.1, -0.05) is 26.0 Å². The van der Waals surface area contributed by atoms with Crippen molar-refractivity contribution in [1.82, 2.24) is 15.5 Å². The van der Waals surface area contributed by atoms with Gasteiger partial charge in [-0.05, 0) is 31.0 Å². The van der Waals surface area contributed by atoms with E-state index in [1.54, 1.807) is 7.05 Å². The van der Waals surface area contributed by atoms with Crippen molar-refractivity contribution in [3.05, 3.63) is 29.8 Å². The average Bonchev–Trinajstić information content (AvgIpc) is 3.07. The molecule has 1 heterocycles. The van der Waals surface area contributed by atoms with Gasteiger partial charge in [0.2, 0.25) is 5.91 Å². The van der Waals surface area contributed by atoms with Gasteiger partial charge >= 0.3 is 0 Å².